The van der Waals surface area contributed by atoms with E-state index in [1.165, 1.54) is 7.11 Å². The summed E-state index contributed by atoms with van der Waals surface area (Å²) in [5.74, 6) is 10.4. The summed E-state index contributed by atoms with van der Waals surface area (Å²) < 4.78 is 5.84. The molecule has 0 heterocycles. The number of nitrogens with one attached hydrogen (secondary N) is 2. The van der Waals surface area contributed by atoms with Gasteiger partial charge < -0.3 is 10.1 Å². The van der Waals surface area contributed by atoms with Gasteiger partial charge in [0.2, 0.25) is 0 Å². The van der Waals surface area contributed by atoms with Gasteiger partial charge in [-0.3, -0.25) is 19.2 Å². The van der Waals surface area contributed by atoms with Gasteiger partial charge in [0.15, 0.2) is 0 Å². The van der Waals surface area contributed by atoms with Crippen LogP contribution in [0.2, 0.25) is 0 Å². The number of aldehydes is 1. The summed E-state index contributed by atoms with van der Waals surface area (Å²) in [6, 6.07) is 12.5. The quantitative estimate of drug-likeness (QED) is 0.377. The molecule has 34 heavy (non-hydrogen) atoms. The molecule has 0 aliphatic rings. The van der Waals surface area contributed by atoms with Crippen LogP contribution in [0.5, 0.6) is 0 Å². The average Bonchev–Trinajstić information content (AvgIpc) is 2.79. The van der Waals surface area contributed by atoms with Crippen molar-refractivity contribution in [3.05, 3.63) is 70.8 Å². The van der Waals surface area contributed by atoms with Gasteiger partial charge in [0.25, 0.3) is 11.8 Å². The Bertz CT molecular complexity index is 1120. The topological polar surface area (TPSA) is 93.7 Å². The van der Waals surface area contributed by atoms with E-state index >= 15 is 0 Å². The lowest BCUT2D eigenvalue weighted by molar-refractivity contribution is -0.140. The molecule has 7 heteroatoms. The van der Waals surface area contributed by atoms with E-state index in [4.69, 9.17) is 9.57 Å². The number of ether oxygens (including phenoxy) is 1. The predicted octanol–water partition coefficient (Wildman–Crippen LogP) is 2.88. The summed E-state index contributed by atoms with van der Waals surface area (Å²) in [6.07, 6.45) is 0.174. The third-order valence-electron chi connectivity index (χ3n) is 4.45. The Labute approximate surface area is 200 Å². The van der Waals surface area contributed by atoms with Crippen molar-refractivity contribution in [2.24, 2.45) is 0 Å². The van der Waals surface area contributed by atoms with E-state index in [1.807, 2.05) is 20.8 Å². The van der Waals surface area contributed by atoms with Gasteiger partial charge in [-0.2, -0.15) is 0 Å². The number of amides is 2. The fourth-order valence-electron chi connectivity index (χ4n) is 2.97. The summed E-state index contributed by atoms with van der Waals surface area (Å²) in [5.41, 5.74) is 4.13. The summed E-state index contributed by atoms with van der Waals surface area (Å²) in [6.45, 7) is 7.31. The van der Waals surface area contributed by atoms with Gasteiger partial charge >= 0.3 is 0 Å². The minimum absolute atomic E-state index is 0.366. The first kappa shape index (κ1) is 26.3. The minimum atomic E-state index is -0.956. The molecule has 0 fully saturated rings. The Morgan fingerprint density at radius 1 is 0.941 bits per heavy atom. The maximum atomic E-state index is 12.7. The van der Waals surface area contributed by atoms with Crippen LogP contribution in [0.15, 0.2) is 48.5 Å². The monoisotopic (exact) mass is 460 g/mol. The number of hydrogen-bond donors (Lipinski definition) is 2. The Balaban J connectivity index is 2.07. The van der Waals surface area contributed by atoms with Crippen molar-refractivity contribution >= 4 is 18.1 Å². The molecule has 0 unspecified atom stereocenters. The van der Waals surface area contributed by atoms with Crippen LogP contribution in [-0.4, -0.2) is 43.0 Å². The summed E-state index contributed by atoms with van der Waals surface area (Å²) in [5, 5.41) is 2.70. The molecular weight excluding hydrogens is 432 g/mol. The lowest BCUT2D eigenvalue weighted by Crippen LogP contribution is -2.54. The number of carbonyl (C=O) groups is 3. The lowest BCUT2D eigenvalue weighted by Gasteiger charge is -2.30. The van der Waals surface area contributed by atoms with Crippen molar-refractivity contribution < 1.29 is 24.0 Å². The lowest BCUT2D eigenvalue weighted by atomic mass is 10.1. The zero-order chi connectivity index (χ0) is 25.1. The van der Waals surface area contributed by atoms with Crippen molar-refractivity contribution in [2.75, 3.05) is 7.11 Å². The Hall–Kier alpha value is -3.91. The predicted molar refractivity (Wildman–Crippen MR) is 129 cm³/mol. The van der Waals surface area contributed by atoms with Crippen LogP contribution >= 0.6 is 0 Å². The first-order chi connectivity index (χ1) is 16.1. The van der Waals surface area contributed by atoms with E-state index in [2.05, 4.69) is 34.5 Å². The van der Waals surface area contributed by atoms with E-state index in [-0.39, 0.29) is 0 Å². The molecule has 7 nitrogen and oxygen atoms in total. The number of hydrogen-bond acceptors (Lipinski definition) is 5. The van der Waals surface area contributed by atoms with Crippen LogP contribution < -0.4 is 10.8 Å². The van der Waals surface area contributed by atoms with Crippen molar-refractivity contribution in [3.8, 4) is 23.7 Å². The summed E-state index contributed by atoms with van der Waals surface area (Å²) in [4.78, 5) is 40.5. The highest BCUT2D eigenvalue weighted by Crippen LogP contribution is 2.14. The molecule has 2 amide bonds. The normalized spacial score (nSPS) is 12.1. The maximum absolute atomic E-state index is 12.7. The third-order valence-corrected chi connectivity index (χ3v) is 4.45. The van der Waals surface area contributed by atoms with Crippen LogP contribution in [-0.2, 0) is 14.4 Å². The van der Waals surface area contributed by atoms with E-state index in [0.717, 1.165) is 11.8 Å². The summed E-state index contributed by atoms with van der Waals surface area (Å²) in [7, 11) is 1.32. The van der Waals surface area contributed by atoms with Crippen LogP contribution in [0.4, 0.5) is 0 Å². The second-order valence-corrected chi connectivity index (χ2v) is 8.37. The standard InChI is InChI=1S/C27H28N2O5/c1-19(34-27(2,3)4)24(26(32)29-33-5)28-25(31)23-16-14-21(15-17-23)9-7-6-8-20-10-12-22(18-30)13-11-20/h10-19,24H,1-5H3,(H,28,31)(H,29,32)/t19-,24+/m1/s1. The van der Waals surface area contributed by atoms with Crippen molar-refractivity contribution in [2.45, 2.75) is 45.4 Å². The van der Waals surface area contributed by atoms with Gasteiger partial charge in [-0.25, -0.2) is 5.48 Å². The van der Waals surface area contributed by atoms with Gasteiger partial charge in [0, 0.05) is 22.3 Å². The molecule has 0 saturated carbocycles. The zero-order valence-corrected chi connectivity index (χ0v) is 19.9. The van der Waals surface area contributed by atoms with E-state index in [1.54, 1.807) is 55.5 Å². The molecule has 0 spiro atoms. The van der Waals surface area contributed by atoms with Gasteiger partial charge in [0.1, 0.15) is 12.3 Å². The average molecular weight is 461 g/mol. The molecule has 2 aromatic carbocycles. The Morgan fingerprint density at radius 2 is 1.47 bits per heavy atom. The zero-order valence-electron chi connectivity index (χ0n) is 19.9. The second-order valence-electron chi connectivity index (χ2n) is 8.37. The molecule has 2 N–H and O–H groups in total. The number of hydroxylamine groups is 1. The molecule has 2 rings (SSSR count). The van der Waals surface area contributed by atoms with E-state index < -0.39 is 29.6 Å². The molecule has 0 aliphatic carbocycles. The third kappa shape index (κ3) is 8.55. The molecular formula is C27H28N2O5. The van der Waals surface area contributed by atoms with E-state index in [0.29, 0.717) is 16.7 Å². The first-order valence-corrected chi connectivity index (χ1v) is 10.6. The Kier molecular flexibility index (Phi) is 9.58. The number of benzene rings is 2. The Morgan fingerprint density at radius 3 is 1.94 bits per heavy atom. The smallest absolute Gasteiger partial charge is 0.268 e. The molecule has 0 saturated heterocycles. The van der Waals surface area contributed by atoms with Gasteiger partial charge in [0.05, 0.1) is 18.8 Å². The largest absolute Gasteiger partial charge is 0.370 e. The maximum Gasteiger partial charge on any atom is 0.268 e. The second kappa shape index (κ2) is 12.4. The van der Waals surface area contributed by atoms with Gasteiger partial charge in [-0.15, -0.1) is 0 Å². The van der Waals surface area contributed by atoms with Gasteiger partial charge in [-0.05, 0) is 75.9 Å². The van der Waals surface area contributed by atoms with Crippen LogP contribution in [0, 0.1) is 23.7 Å². The molecule has 176 valence electrons. The fourth-order valence-corrected chi connectivity index (χ4v) is 2.97. The molecule has 0 aliphatic heterocycles. The highest BCUT2D eigenvalue weighted by atomic mass is 16.6. The van der Waals surface area contributed by atoms with Gasteiger partial charge in [-0.1, -0.05) is 24.0 Å². The summed E-state index contributed by atoms with van der Waals surface area (Å²) >= 11 is 0. The van der Waals surface area contributed by atoms with Crippen LogP contribution in [0.1, 0.15) is 59.5 Å². The van der Waals surface area contributed by atoms with Crippen molar-refractivity contribution in [3.63, 3.8) is 0 Å². The van der Waals surface area contributed by atoms with Crippen LogP contribution in [0.25, 0.3) is 0 Å². The molecule has 0 bridgehead atoms. The number of rotatable bonds is 7. The highest BCUT2D eigenvalue weighted by Gasteiger charge is 2.31. The molecule has 2 aromatic rings. The van der Waals surface area contributed by atoms with Crippen molar-refractivity contribution in [1.82, 2.24) is 10.8 Å². The molecule has 0 aromatic heterocycles. The van der Waals surface area contributed by atoms with Crippen molar-refractivity contribution in [1.29, 1.82) is 0 Å². The first-order valence-electron chi connectivity index (χ1n) is 10.6. The molecule has 0 radical (unpaired) electrons. The number of carbonyl (C=O) groups excluding carboxylic acids is 3. The highest BCUT2D eigenvalue weighted by molar-refractivity contribution is 5.97. The fraction of sp³-hybridized carbons (Fsp3) is 0.296. The minimum Gasteiger partial charge on any atom is -0.370 e. The molecule has 2 atom stereocenters. The van der Waals surface area contributed by atoms with E-state index in [9.17, 15) is 14.4 Å². The van der Waals surface area contributed by atoms with Crippen LogP contribution in [0.3, 0.4) is 0 Å². The SMILES string of the molecule is CONC(=O)[C@@H](NC(=O)c1ccc(C#CC#Cc2ccc(C=O)cc2)cc1)[C@@H](C)OC(C)(C)C.